The van der Waals surface area contributed by atoms with E-state index < -0.39 is 15.9 Å². The first-order valence-corrected chi connectivity index (χ1v) is 11.4. The normalized spacial score (nSPS) is 11.7. The molecule has 0 fully saturated rings. The fourth-order valence-corrected chi connectivity index (χ4v) is 5.66. The Morgan fingerprint density at radius 2 is 2.04 bits per heavy atom. The van der Waals surface area contributed by atoms with Gasteiger partial charge in [0.05, 0.1) is 10.9 Å². The summed E-state index contributed by atoms with van der Waals surface area (Å²) >= 11 is 8.19. The van der Waals surface area contributed by atoms with Crippen LogP contribution in [0.25, 0.3) is 0 Å². The third-order valence-corrected chi connectivity index (χ3v) is 7.87. The van der Waals surface area contributed by atoms with Crippen molar-refractivity contribution in [1.82, 2.24) is 9.62 Å². The second kappa shape index (κ2) is 9.70. The van der Waals surface area contributed by atoms with E-state index in [4.69, 9.17) is 11.6 Å². The van der Waals surface area contributed by atoms with Crippen molar-refractivity contribution in [2.45, 2.75) is 9.96 Å². The van der Waals surface area contributed by atoms with Gasteiger partial charge in [0.2, 0.25) is 5.91 Å². The van der Waals surface area contributed by atoms with E-state index in [-0.39, 0.29) is 16.6 Å². The number of carbonyl (C=O) groups excluding carboxylic acids is 1. The number of thiophene rings is 1. The Hall–Kier alpha value is -1.13. The molecule has 0 aliphatic heterocycles. The third kappa shape index (κ3) is 5.95. The lowest BCUT2D eigenvalue weighted by atomic mass is 10.2. The summed E-state index contributed by atoms with van der Waals surface area (Å²) in [5.41, 5.74) is 0.615. The van der Waals surface area contributed by atoms with E-state index in [0.29, 0.717) is 28.0 Å². The maximum absolute atomic E-state index is 13.5. The standard InChI is InChI=1S/C16H18ClFN2O3S3/c1-20(26(22,23)16-7-6-14(17)25-16)10-15(21)19-8-9-24-11-12-4-2-3-5-13(12)18/h2-7H,8-11H2,1H3,(H,19,21). The molecule has 0 atom stereocenters. The number of carbonyl (C=O) groups is 1. The van der Waals surface area contributed by atoms with Gasteiger partial charge in [0.25, 0.3) is 10.0 Å². The number of likely N-dealkylation sites (N-methyl/N-ethyl adjacent to an activating group) is 1. The lowest BCUT2D eigenvalue weighted by Gasteiger charge is -2.15. The number of nitrogens with zero attached hydrogens (tertiary/aromatic N) is 1. The Morgan fingerprint density at radius 1 is 1.31 bits per heavy atom. The highest BCUT2D eigenvalue weighted by Crippen LogP contribution is 2.27. The zero-order valence-corrected chi connectivity index (χ0v) is 17.2. The minimum Gasteiger partial charge on any atom is -0.354 e. The van der Waals surface area contributed by atoms with Gasteiger partial charge in [-0.3, -0.25) is 4.79 Å². The summed E-state index contributed by atoms with van der Waals surface area (Å²) in [7, 11) is -2.39. The van der Waals surface area contributed by atoms with E-state index in [2.05, 4.69) is 5.32 Å². The molecule has 0 aliphatic carbocycles. The largest absolute Gasteiger partial charge is 0.354 e. The molecule has 0 saturated heterocycles. The number of halogens is 2. The molecule has 142 valence electrons. The molecular formula is C16H18ClFN2O3S3. The summed E-state index contributed by atoms with van der Waals surface area (Å²) in [5.74, 6) is 0.460. The summed E-state index contributed by atoms with van der Waals surface area (Å²) in [6.07, 6.45) is 0. The van der Waals surface area contributed by atoms with Gasteiger partial charge in [0.1, 0.15) is 10.0 Å². The van der Waals surface area contributed by atoms with Crippen molar-refractivity contribution in [1.29, 1.82) is 0 Å². The molecule has 1 aromatic heterocycles. The van der Waals surface area contributed by atoms with Crippen LogP contribution in [0, 0.1) is 5.82 Å². The number of nitrogens with one attached hydrogen (secondary N) is 1. The van der Waals surface area contributed by atoms with E-state index in [1.165, 1.54) is 37.0 Å². The molecule has 5 nitrogen and oxygen atoms in total. The van der Waals surface area contributed by atoms with Crippen LogP contribution in [0.4, 0.5) is 4.39 Å². The average molecular weight is 437 g/mol. The van der Waals surface area contributed by atoms with Crippen molar-refractivity contribution in [3.05, 3.63) is 52.1 Å². The lowest BCUT2D eigenvalue weighted by molar-refractivity contribution is -0.121. The smallest absolute Gasteiger partial charge is 0.252 e. The quantitative estimate of drug-likeness (QED) is 0.613. The van der Waals surface area contributed by atoms with Crippen LogP contribution in [0.2, 0.25) is 4.34 Å². The maximum atomic E-state index is 13.5. The Labute approximate surface area is 165 Å². The van der Waals surface area contributed by atoms with Crippen molar-refractivity contribution in [3.63, 3.8) is 0 Å². The van der Waals surface area contributed by atoms with E-state index >= 15 is 0 Å². The van der Waals surface area contributed by atoms with Gasteiger partial charge in [-0.1, -0.05) is 29.8 Å². The molecule has 10 heteroatoms. The molecule has 0 bridgehead atoms. The number of benzene rings is 1. The molecule has 1 N–H and O–H groups in total. The van der Waals surface area contributed by atoms with Crippen molar-refractivity contribution in [2.75, 3.05) is 25.9 Å². The molecule has 0 aliphatic rings. The summed E-state index contributed by atoms with van der Waals surface area (Å²) < 4.78 is 39.5. The predicted molar refractivity (Wildman–Crippen MR) is 105 cm³/mol. The summed E-state index contributed by atoms with van der Waals surface area (Å²) in [4.78, 5) is 11.9. The number of hydrogen-bond donors (Lipinski definition) is 1. The summed E-state index contributed by atoms with van der Waals surface area (Å²) in [6.45, 7) is 0.0898. The highest BCUT2D eigenvalue weighted by atomic mass is 35.5. The van der Waals surface area contributed by atoms with Crippen molar-refractivity contribution in [2.24, 2.45) is 0 Å². The maximum Gasteiger partial charge on any atom is 0.252 e. The highest BCUT2D eigenvalue weighted by Gasteiger charge is 2.24. The minimum atomic E-state index is -3.73. The zero-order valence-electron chi connectivity index (χ0n) is 13.9. The fraction of sp³-hybridized carbons (Fsp3) is 0.312. The second-order valence-corrected chi connectivity index (χ2v) is 10.4. The van der Waals surface area contributed by atoms with Crippen LogP contribution >= 0.6 is 34.7 Å². The molecule has 26 heavy (non-hydrogen) atoms. The topological polar surface area (TPSA) is 66.5 Å². The highest BCUT2D eigenvalue weighted by molar-refractivity contribution is 7.98. The number of hydrogen-bond acceptors (Lipinski definition) is 5. The molecule has 0 spiro atoms. The van der Waals surface area contributed by atoms with Gasteiger partial charge in [-0.15, -0.1) is 11.3 Å². The van der Waals surface area contributed by atoms with Crippen molar-refractivity contribution >= 4 is 50.6 Å². The predicted octanol–water partition coefficient (Wildman–Crippen LogP) is 3.21. The molecule has 0 unspecified atom stereocenters. The van der Waals surface area contributed by atoms with Crippen LogP contribution in [0.1, 0.15) is 5.56 Å². The van der Waals surface area contributed by atoms with Crippen LogP contribution in [0.15, 0.2) is 40.6 Å². The van der Waals surface area contributed by atoms with E-state index in [9.17, 15) is 17.6 Å². The minimum absolute atomic E-state index is 0.0956. The van der Waals surface area contributed by atoms with Gasteiger partial charge in [-0.2, -0.15) is 16.1 Å². The van der Waals surface area contributed by atoms with Gasteiger partial charge in [-0.25, -0.2) is 12.8 Å². The number of rotatable bonds is 9. The molecule has 1 aromatic carbocycles. The number of thioether (sulfide) groups is 1. The number of amides is 1. The van der Waals surface area contributed by atoms with Gasteiger partial charge in [-0.05, 0) is 23.8 Å². The van der Waals surface area contributed by atoms with E-state index in [1.807, 2.05) is 0 Å². The number of sulfonamides is 1. The first kappa shape index (κ1) is 21.2. The molecule has 1 amide bonds. The van der Waals surface area contributed by atoms with E-state index in [0.717, 1.165) is 15.6 Å². The SMILES string of the molecule is CN(CC(=O)NCCSCc1ccccc1F)S(=O)(=O)c1ccc(Cl)s1. The third-order valence-electron chi connectivity index (χ3n) is 3.36. The van der Waals surface area contributed by atoms with Crippen LogP contribution < -0.4 is 5.32 Å². The van der Waals surface area contributed by atoms with Gasteiger partial charge >= 0.3 is 0 Å². The molecule has 0 radical (unpaired) electrons. The van der Waals surface area contributed by atoms with Crippen molar-refractivity contribution in [3.8, 4) is 0 Å². The molecule has 2 aromatic rings. The monoisotopic (exact) mass is 436 g/mol. The molecular weight excluding hydrogens is 419 g/mol. The lowest BCUT2D eigenvalue weighted by Crippen LogP contribution is -2.38. The Bertz CT molecular complexity index is 858. The molecule has 1 heterocycles. The van der Waals surface area contributed by atoms with E-state index in [1.54, 1.807) is 18.2 Å². The average Bonchev–Trinajstić information content (AvgIpc) is 3.03. The summed E-state index contributed by atoms with van der Waals surface area (Å²) in [5, 5.41) is 2.66. The Balaban J connectivity index is 1.72. The zero-order chi connectivity index (χ0) is 19.2. The first-order valence-electron chi connectivity index (χ1n) is 7.60. The van der Waals surface area contributed by atoms with Crippen LogP contribution in [-0.2, 0) is 20.6 Å². The van der Waals surface area contributed by atoms with Gasteiger partial charge in [0, 0.05) is 25.1 Å². The van der Waals surface area contributed by atoms with Gasteiger partial charge in [0.15, 0.2) is 0 Å². The second-order valence-electron chi connectivity index (χ2n) is 5.31. The van der Waals surface area contributed by atoms with Crippen LogP contribution in [0.3, 0.4) is 0 Å². The summed E-state index contributed by atoms with van der Waals surface area (Å²) in [6, 6.07) is 9.46. The van der Waals surface area contributed by atoms with Crippen LogP contribution in [-0.4, -0.2) is 44.5 Å². The fourth-order valence-electron chi connectivity index (χ4n) is 1.99. The Kier molecular flexibility index (Phi) is 7.90. The van der Waals surface area contributed by atoms with Gasteiger partial charge < -0.3 is 5.32 Å². The Morgan fingerprint density at radius 3 is 2.69 bits per heavy atom. The molecule has 0 saturated carbocycles. The molecule has 2 rings (SSSR count). The van der Waals surface area contributed by atoms with Crippen molar-refractivity contribution < 1.29 is 17.6 Å². The van der Waals surface area contributed by atoms with Crippen LogP contribution in [0.5, 0.6) is 0 Å². The first-order chi connectivity index (χ1) is 12.3.